The highest BCUT2D eigenvalue weighted by atomic mass is 32.1. The molecule has 0 saturated carbocycles. The van der Waals surface area contributed by atoms with Gasteiger partial charge in [-0.05, 0) is 24.4 Å². The number of thiocarbonyl (C=S) groups is 1. The van der Waals surface area contributed by atoms with Gasteiger partial charge in [-0.25, -0.2) is 0 Å². The Balaban J connectivity index is 2.54. The maximum absolute atomic E-state index is 5.24. The van der Waals surface area contributed by atoms with E-state index in [2.05, 4.69) is 24.7 Å². The third-order valence-electron chi connectivity index (χ3n) is 2.55. The highest BCUT2D eigenvalue weighted by Crippen LogP contribution is 2.29. The number of anilines is 1. The zero-order chi connectivity index (χ0) is 14.3. The second-order valence-corrected chi connectivity index (χ2v) is 4.82. The minimum Gasteiger partial charge on any atom is -0.493 e. The molecule has 0 aliphatic heterocycles. The molecule has 1 rings (SSSR count). The van der Waals surface area contributed by atoms with Crippen molar-refractivity contribution in [3.63, 3.8) is 0 Å². The molecule has 0 bridgehead atoms. The Labute approximate surface area is 119 Å². The lowest BCUT2D eigenvalue weighted by molar-refractivity contribution is -0.856. The van der Waals surface area contributed by atoms with Gasteiger partial charge in [0.05, 0.1) is 41.4 Å². The molecule has 3 N–H and O–H groups in total. The van der Waals surface area contributed by atoms with Crippen LogP contribution in [0.2, 0.25) is 0 Å². The first-order valence-electron chi connectivity index (χ1n) is 6.12. The molecule has 0 unspecified atom stereocenters. The topological polar surface area (TPSA) is 47.0 Å². The maximum Gasteiger partial charge on any atom is 0.170 e. The molecular weight excluding hydrogens is 262 g/mol. The van der Waals surface area contributed by atoms with Crippen molar-refractivity contribution in [1.29, 1.82) is 0 Å². The number of nitrogens with one attached hydrogen (secondary N) is 3. The normalized spacial score (nSPS) is 10.2. The monoisotopic (exact) mass is 284 g/mol. The van der Waals surface area contributed by atoms with Crippen LogP contribution in [0.4, 0.5) is 5.69 Å². The molecule has 1 aromatic carbocycles. The van der Waals surface area contributed by atoms with Crippen molar-refractivity contribution in [3.8, 4) is 11.5 Å². The van der Waals surface area contributed by atoms with Gasteiger partial charge in [0.25, 0.3) is 0 Å². The van der Waals surface area contributed by atoms with Gasteiger partial charge in [0.2, 0.25) is 0 Å². The molecule has 0 aromatic heterocycles. The molecule has 0 atom stereocenters. The van der Waals surface area contributed by atoms with Gasteiger partial charge in [-0.1, -0.05) is 0 Å². The quantitative estimate of drug-likeness (QED) is 0.649. The van der Waals surface area contributed by atoms with Gasteiger partial charge in [-0.2, -0.15) is 0 Å². The van der Waals surface area contributed by atoms with E-state index in [-0.39, 0.29) is 0 Å². The molecule has 0 spiro atoms. The van der Waals surface area contributed by atoms with Gasteiger partial charge in [0.1, 0.15) is 0 Å². The van der Waals surface area contributed by atoms with E-state index in [9.17, 15) is 0 Å². The lowest BCUT2D eigenvalue weighted by Crippen LogP contribution is -3.06. The van der Waals surface area contributed by atoms with Crippen molar-refractivity contribution in [2.24, 2.45) is 0 Å². The van der Waals surface area contributed by atoms with Crippen molar-refractivity contribution in [2.45, 2.75) is 0 Å². The van der Waals surface area contributed by atoms with E-state index in [0.29, 0.717) is 16.6 Å². The third-order valence-corrected chi connectivity index (χ3v) is 2.80. The SMILES string of the molecule is COc1ccc(NC(=S)NCC[NH+](C)C)cc1OC. The minimum atomic E-state index is 0.605. The number of methoxy groups -OCH3 is 2. The number of rotatable bonds is 6. The molecule has 0 aliphatic carbocycles. The predicted molar refractivity (Wildman–Crippen MR) is 81.4 cm³/mol. The van der Waals surface area contributed by atoms with Crippen LogP contribution in [0.3, 0.4) is 0 Å². The number of ether oxygens (including phenoxy) is 2. The standard InChI is InChI=1S/C13H21N3O2S/c1-16(2)8-7-14-13(19)15-10-5-6-11(17-3)12(9-10)18-4/h5-6,9H,7-8H2,1-4H3,(H2,14,15,19)/p+1. The summed E-state index contributed by atoms with van der Waals surface area (Å²) in [5.41, 5.74) is 0.868. The molecule has 19 heavy (non-hydrogen) atoms. The van der Waals surface area contributed by atoms with E-state index in [1.807, 2.05) is 18.2 Å². The lowest BCUT2D eigenvalue weighted by atomic mass is 10.3. The molecule has 1 aromatic rings. The third kappa shape index (κ3) is 5.32. The van der Waals surface area contributed by atoms with Gasteiger partial charge in [-0.15, -0.1) is 0 Å². The summed E-state index contributed by atoms with van der Waals surface area (Å²) in [5, 5.41) is 6.88. The molecule has 0 saturated heterocycles. The van der Waals surface area contributed by atoms with Crippen molar-refractivity contribution in [2.75, 3.05) is 46.7 Å². The Kier molecular flexibility index (Phi) is 6.38. The number of quaternary nitrogens is 1. The first kappa shape index (κ1) is 15.5. The van der Waals surface area contributed by atoms with E-state index in [1.54, 1.807) is 14.2 Å². The zero-order valence-electron chi connectivity index (χ0n) is 11.9. The zero-order valence-corrected chi connectivity index (χ0v) is 12.7. The molecule has 0 heterocycles. The smallest absolute Gasteiger partial charge is 0.170 e. The molecule has 6 heteroatoms. The Bertz CT molecular complexity index is 424. The van der Waals surface area contributed by atoms with Gasteiger partial charge >= 0.3 is 0 Å². The van der Waals surface area contributed by atoms with E-state index in [1.165, 1.54) is 4.90 Å². The number of hydrogen-bond acceptors (Lipinski definition) is 3. The predicted octanol–water partition coefficient (Wildman–Crippen LogP) is 0.135. The van der Waals surface area contributed by atoms with Crippen molar-refractivity contribution >= 4 is 23.0 Å². The summed E-state index contributed by atoms with van der Waals surface area (Å²) >= 11 is 5.23. The summed E-state index contributed by atoms with van der Waals surface area (Å²) in [6.07, 6.45) is 0. The second-order valence-electron chi connectivity index (χ2n) is 4.41. The summed E-state index contributed by atoms with van der Waals surface area (Å²) in [4.78, 5) is 1.38. The van der Waals surface area contributed by atoms with Crippen LogP contribution >= 0.6 is 12.2 Å². The molecule has 0 amide bonds. The second kappa shape index (κ2) is 7.81. The van der Waals surface area contributed by atoms with Crippen LogP contribution in [-0.4, -0.2) is 46.5 Å². The highest BCUT2D eigenvalue weighted by molar-refractivity contribution is 7.80. The van der Waals surface area contributed by atoms with Crippen LogP contribution < -0.4 is 25.0 Å². The summed E-state index contributed by atoms with van der Waals surface area (Å²) in [5.74, 6) is 1.37. The molecule has 0 aliphatic rings. The average molecular weight is 284 g/mol. The van der Waals surface area contributed by atoms with Gasteiger partial charge in [0.15, 0.2) is 16.6 Å². The first-order chi connectivity index (χ1) is 9.06. The van der Waals surface area contributed by atoms with Gasteiger partial charge < -0.3 is 25.0 Å². The molecule has 0 radical (unpaired) electrons. The fraction of sp³-hybridized carbons (Fsp3) is 0.462. The summed E-state index contributed by atoms with van der Waals surface area (Å²) in [6, 6.07) is 5.59. The van der Waals surface area contributed by atoms with E-state index in [0.717, 1.165) is 18.8 Å². The van der Waals surface area contributed by atoms with Gasteiger partial charge in [-0.3, -0.25) is 0 Å². The van der Waals surface area contributed by atoms with Gasteiger partial charge in [0, 0.05) is 11.8 Å². The number of benzene rings is 1. The first-order valence-corrected chi connectivity index (χ1v) is 6.53. The fourth-order valence-electron chi connectivity index (χ4n) is 1.52. The Hall–Kier alpha value is -1.53. The summed E-state index contributed by atoms with van der Waals surface area (Å²) < 4.78 is 10.4. The van der Waals surface area contributed by atoms with Crippen molar-refractivity contribution in [3.05, 3.63) is 18.2 Å². The van der Waals surface area contributed by atoms with Crippen LogP contribution in [0.5, 0.6) is 11.5 Å². The fourth-order valence-corrected chi connectivity index (χ4v) is 1.74. The molecule has 106 valence electrons. The number of likely N-dealkylation sites (N-methyl/N-ethyl adjacent to an activating group) is 1. The summed E-state index contributed by atoms with van der Waals surface area (Å²) in [6.45, 7) is 1.84. The van der Waals surface area contributed by atoms with E-state index >= 15 is 0 Å². The summed E-state index contributed by atoms with van der Waals surface area (Å²) in [7, 11) is 7.43. The van der Waals surface area contributed by atoms with Crippen LogP contribution in [0.15, 0.2) is 18.2 Å². The largest absolute Gasteiger partial charge is 0.493 e. The maximum atomic E-state index is 5.24. The van der Waals surface area contributed by atoms with Crippen molar-refractivity contribution in [1.82, 2.24) is 5.32 Å². The Morgan fingerprint density at radius 1 is 1.21 bits per heavy atom. The molecule has 5 nitrogen and oxygen atoms in total. The highest BCUT2D eigenvalue weighted by Gasteiger charge is 2.05. The minimum absolute atomic E-state index is 0.605. The molecular formula is C13H22N3O2S+. The molecule has 0 fully saturated rings. The lowest BCUT2D eigenvalue weighted by Gasteiger charge is -2.13. The average Bonchev–Trinajstić information content (AvgIpc) is 2.38. The van der Waals surface area contributed by atoms with Crippen LogP contribution in [0.25, 0.3) is 0 Å². The van der Waals surface area contributed by atoms with Crippen LogP contribution in [0, 0.1) is 0 Å². The Morgan fingerprint density at radius 2 is 1.89 bits per heavy atom. The Morgan fingerprint density at radius 3 is 2.47 bits per heavy atom. The van der Waals surface area contributed by atoms with Crippen molar-refractivity contribution < 1.29 is 14.4 Å². The number of hydrogen-bond donors (Lipinski definition) is 3. The van der Waals surface area contributed by atoms with E-state index in [4.69, 9.17) is 21.7 Å². The van der Waals surface area contributed by atoms with Crippen LogP contribution in [0.1, 0.15) is 0 Å². The van der Waals surface area contributed by atoms with Crippen LogP contribution in [-0.2, 0) is 0 Å². The van der Waals surface area contributed by atoms with E-state index < -0.39 is 0 Å².